The first-order chi connectivity index (χ1) is 32.2. The van der Waals surface area contributed by atoms with Gasteiger partial charge >= 0.3 is 19.8 Å². The van der Waals surface area contributed by atoms with Gasteiger partial charge in [0.05, 0.1) is 30.8 Å². The summed E-state index contributed by atoms with van der Waals surface area (Å²) in [5.74, 6) is -4.66. The Labute approximate surface area is 398 Å². The first-order valence-electron chi connectivity index (χ1n) is 24.4. The van der Waals surface area contributed by atoms with Crippen LogP contribution in [-0.4, -0.2) is 115 Å². The lowest BCUT2D eigenvalue weighted by molar-refractivity contribution is -0.164. The Morgan fingerprint density at radius 3 is 2.13 bits per heavy atom. The summed E-state index contributed by atoms with van der Waals surface area (Å²) in [7, 11) is -5.42. The van der Waals surface area contributed by atoms with Crippen LogP contribution >= 0.6 is 7.82 Å². The van der Waals surface area contributed by atoms with Crippen molar-refractivity contribution in [2.45, 2.75) is 191 Å². The number of esters is 2. The van der Waals surface area contributed by atoms with Crippen LogP contribution in [-0.2, 0) is 37.5 Å². The van der Waals surface area contributed by atoms with Crippen molar-refractivity contribution in [3.8, 4) is 0 Å². The van der Waals surface area contributed by atoms with Crippen molar-refractivity contribution in [1.82, 2.24) is 0 Å². The summed E-state index contributed by atoms with van der Waals surface area (Å²) in [5.41, 5.74) is 0. The van der Waals surface area contributed by atoms with Crippen LogP contribution in [0.3, 0.4) is 0 Å². The molecule has 380 valence electrons. The summed E-state index contributed by atoms with van der Waals surface area (Å²) in [6, 6.07) is 0. The van der Waals surface area contributed by atoms with Gasteiger partial charge in [-0.05, 0) is 76.7 Å². The van der Waals surface area contributed by atoms with Crippen molar-refractivity contribution in [3.05, 3.63) is 85.1 Å². The van der Waals surface area contributed by atoms with E-state index >= 15 is 0 Å². The van der Waals surface area contributed by atoms with E-state index in [2.05, 4.69) is 55.5 Å². The van der Waals surface area contributed by atoms with Gasteiger partial charge in [0.25, 0.3) is 0 Å². The molecule has 0 fully saturated rings. The Hall–Kier alpha value is -3.34. The number of fused-ring (bicyclic) bond motifs is 4. The lowest BCUT2D eigenvalue weighted by atomic mass is 9.87. The van der Waals surface area contributed by atoms with E-state index in [1.165, 1.54) is 18.2 Å². The van der Waals surface area contributed by atoms with E-state index in [1.807, 2.05) is 6.92 Å². The van der Waals surface area contributed by atoms with Gasteiger partial charge in [0.1, 0.15) is 31.0 Å². The number of ketones is 1. The third-order valence-corrected chi connectivity index (χ3v) is 12.4. The predicted molar refractivity (Wildman–Crippen MR) is 257 cm³/mol. The Morgan fingerprint density at radius 1 is 0.806 bits per heavy atom. The van der Waals surface area contributed by atoms with Crippen molar-refractivity contribution in [2.24, 2.45) is 11.8 Å². The highest BCUT2D eigenvalue weighted by Gasteiger charge is 2.47. The Balaban J connectivity index is 2.04. The lowest BCUT2D eigenvalue weighted by Crippen LogP contribution is -2.55. The van der Waals surface area contributed by atoms with Crippen molar-refractivity contribution < 1.29 is 73.0 Å². The molecule has 11 atom stereocenters. The molecule has 0 aromatic rings. The van der Waals surface area contributed by atoms with Crippen molar-refractivity contribution in [1.29, 1.82) is 0 Å². The number of carbonyl (C=O) groups is 3. The molecule has 1 heterocycles. The third-order valence-electron chi connectivity index (χ3n) is 11.5. The second-order valence-electron chi connectivity index (χ2n) is 17.2. The van der Waals surface area contributed by atoms with Crippen LogP contribution in [0.25, 0.3) is 0 Å². The van der Waals surface area contributed by atoms with E-state index in [0.717, 1.165) is 83.1 Å². The maximum atomic E-state index is 13.5. The maximum Gasteiger partial charge on any atom is 0.472 e. The molecule has 0 aromatic heterocycles. The molecule has 0 saturated carbocycles. The second kappa shape index (κ2) is 35.7. The minimum Gasteiger partial charge on any atom is -0.462 e. The lowest BCUT2D eigenvalue weighted by Gasteiger charge is -2.36. The number of hydrogen-bond acceptors (Lipinski definition) is 14. The predicted octanol–water partition coefficient (Wildman–Crippen LogP) is 7.67. The topological polar surface area (TPSA) is 247 Å². The van der Waals surface area contributed by atoms with Gasteiger partial charge in [0, 0.05) is 18.8 Å². The summed E-state index contributed by atoms with van der Waals surface area (Å²) in [6.45, 7) is 2.73. The van der Waals surface area contributed by atoms with Crippen LogP contribution in [0.1, 0.15) is 142 Å². The molecule has 7 N–H and O–H groups in total. The van der Waals surface area contributed by atoms with Crippen LogP contribution in [0.5, 0.6) is 0 Å². The average Bonchev–Trinajstić information content (AvgIpc) is 3.30. The fraction of sp³-hybridized carbons (Fsp3) is 0.667. The van der Waals surface area contributed by atoms with Crippen LogP contribution in [0.2, 0.25) is 0 Å². The Morgan fingerprint density at radius 2 is 1.45 bits per heavy atom. The highest BCUT2D eigenvalue weighted by Crippen LogP contribution is 2.47. The molecule has 1 unspecified atom stereocenters. The Bertz CT molecular complexity index is 1650. The molecule has 0 aromatic carbocycles. The van der Waals surface area contributed by atoms with Crippen molar-refractivity contribution in [2.75, 3.05) is 13.2 Å². The fourth-order valence-electron chi connectivity index (χ4n) is 7.42. The average molecular weight is 965 g/mol. The number of phosphoric ester groups is 1. The number of aliphatic hydroxyl groups is 6. The normalized spacial score (nSPS) is 30.3. The molecule has 0 radical (unpaired) electrons. The third kappa shape index (κ3) is 26.3. The monoisotopic (exact) mass is 965 g/mol. The maximum absolute atomic E-state index is 13.5. The van der Waals surface area contributed by atoms with Crippen molar-refractivity contribution >= 4 is 25.5 Å². The van der Waals surface area contributed by atoms with Crippen LogP contribution in [0.4, 0.5) is 0 Å². The second-order valence-corrected chi connectivity index (χ2v) is 18.6. The zero-order valence-electron chi connectivity index (χ0n) is 39.8. The van der Waals surface area contributed by atoms with Gasteiger partial charge in [-0.2, -0.15) is 0 Å². The minimum absolute atomic E-state index is 0.0226. The number of ether oxygens (including phenoxy) is 2. The molecule has 67 heavy (non-hydrogen) atoms. The highest BCUT2D eigenvalue weighted by atomic mass is 31.2. The molecule has 0 spiro atoms. The molecular weight excluding hydrogens is 884 g/mol. The number of allylic oxidation sites excluding steroid dienone is 11. The SMILES string of the molecule is CC/C=C\C/C=C\C/C=C\C/C=C\CCCCCCCCC(=O)OC[C@@H]1COP(=O)(O)O[C@H]2[C@H](O)[C@@H](O)[C@H](O)[C@H](/C=C\C(=O)[C@H](/C=C/[C@@H](O)CCCCC)[C@@H](O)[C@H]2O)C/C=C\CCCC(=O)O1. The summed E-state index contributed by atoms with van der Waals surface area (Å²) in [6.07, 6.45) is 24.0. The largest absolute Gasteiger partial charge is 0.472 e. The van der Waals surface area contributed by atoms with Gasteiger partial charge < -0.3 is 45.0 Å². The molecule has 2 rings (SSSR count). The summed E-state index contributed by atoms with van der Waals surface area (Å²) >= 11 is 0. The minimum atomic E-state index is -5.42. The smallest absolute Gasteiger partial charge is 0.462 e. The number of aliphatic hydroxyl groups excluding tert-OH is 6. The molecule has 2 bridgehead atoms. The number of cyclic esters (lactones) is 1. The first-order valence-corrected chi connectivity index (χ1v) is 25.9. The molecule has 0 amide bonds. The molecule has 2 aliphatic rings. The number of phosphoric acid groups is 1. The number of rotatable bonds is 24. The van der Waals surface area contributed by atoms with Gasteiger partial charge in [0.15, 0.2) is 11.9 Å². The number of unbranched alkanes of at least 4 members (excludes halogenated alkanes) is 8. The van der Waals surface area contributed by atoms with E-state index in [0.29, 0.717) is 32.1 Å². The zero-order valence-corrected chi connectivity index (χ0v) is 40.7. The van der Waals surface area contributed by atoms with Gasteiger partial charge in [-0.1, -0.05) is 138 Å². The molecule has 0 saturated heterocycles. The molecule has 16 heteroatoms. The fourth-order valence-corrected chi connectivity index (χ4v) is 8.39. The van der Waals surface area contributed by atoms with Gasteiger partial charge in [0.2, 0.25) is 0 Å². The number of hydrogen-bond donors (Lipinski definition) is 7. The van der Waals surface area contributed by atoms with E-state index < -0.39 is 99.4 Å². The van der Waals surface area contributed by atoms with E-state index in [9.17, 15) is 54.5 Å². The Kier molecular flexibility index (Phi) is 31.9. The molecule has 15 nitrogen and oxygen atoms in total. The standard InChI is InChI=1S/C51H81O15P/c1-3-5-7-8-9-10-11-12-13-14-15-16-17-18-19-20-21-22-27-31-44(54)63-37-41-38-64-67(61,62)66-51-49(59)47(57)42(35-34-40(52)30-25-6-4-2)43(53)36-33-39(46(56)48(58)50(51)60)29-26-23-24-28-32-45(55)65-41/h5,7,9-10,12-13,15-16,23,26,33-36,39-42,46-52,56-60H,3-4,6,8,11,14,17-22,24-25,27-32,37-38H2,1-2H3,(H,61,62)/b7-5-,10-9-,13-12-,16-15-,26-23-,35-34+,36-33-/t39-,40-,41+,42-,46+,47+,48-,49+,50+,51+/m0/s1. The first kappa shape index (κ1) is 59.8. The van der Waals surface area contributed by atoms with E-state index in [4.69, 9.17) is 18.5 Å². The summed E-state index contributed by atoms with van der Waals surface area (Å²) < 4.78 is 34.6. The van der Waals surface area contributed by atoms with Crippen LogP contribution < -0.4 is 0 Å². The molecule has 1 aliphatic heterocycles. The molecule has 1 aliphatic carbocycles. The molecular formula is C51H81O15P. The van der Waals surface area contributed by atoms with Crippen LogP contribution in [0.15, 0.2) is 85.1 Å². The zero-order chi connectivity index (χ0) is 49.3. The summed E-state index contributed by atoms with van der Waals surface area (Å²) in [4.78, 5) is 50.0. The van der Waals surface area contributed by atoms with Crippen LogP contribution in [0, 0.1) is 11.8 Å². The van der Waals surface area contributed by atoms with Gasteiger partial charge in [-0.15, -0.1) is 0 Å². The van der Waals surface area contributed by atoms with Gasteiger partial charge in [-0.25, -0.2) is 4.57 Å². The number of carbonyl (C=O) groups excluding carboxylic acids is 3. The highest BCUT2D eigenvalue weighted by molar-refractivity contribution is 7.47. The van der Waals surface area contributed by atoms with E-state index in [1.54, 1.807) is 12.2 Å². The van der Waals surface area contributed by atoms with Crippen molar-refractivity contribution in [3.63, 3.8) is 0 Å². The quantitative estimate of drug-likeness (QED) is 0.0212. The van der Waals surface area contributed by atoms with E-state index in [-0.39, 0.29) is 19.3 Å². The summed E-state index contributed by atoms with van der Waals surface area (Å²) in [5, 5.41) is 66.9. The van der Waals surface area contributed by atoms with Gasteiger partial charge in [-0.3, -0.25) is 23.4 Å².